The zero-order valence-corrected chi connectivity index (χ0v) is 23.4. The van der Waals surface area contributed by atoms with E-state index >= 15 is 0 Å². The molecule has 2 unspecified atom stereocenters. The number of ether oxygens (including phenoxy) is 1. The zero-order chi connectivity index (χ0) is 30.0. The largest absolute Gasteiger partial charge is 0.487 e. The lowest BCUT2D eigenvalue weighted by atomic mass is 9.81. The van der Waals surface area contributed by atoms with Gasteiger partial charge in [-0.3, -0.25) is 9.69 Å². The Balaban J connectivity index is 0.00000121. The molecule has 226 valence electrons. The first-order chi connectivity index (χ1) is 19.2. The van der Waals surface area contributed by atoms with Crippen LogP contribution in [0.5, 0.6) is 5.75 Å². The molecule has 1 saturated heterocycles. The molecule has 2 aromatic rings. The smallest absolute Gasteiger partial charge is 0.416 e. The van der Waals surface area contributed by atoms with Gasteiger partial charge in [-0.15, -0.1) is 0 Å². The molecule has 2 aromatic carbocycles. The molecule has 2 fully saturated rings. The van der Waals surface area contributed by atoms with E-state index in [4.69, 9.17) is 4.74 Å². The molecule has 5 rings (SSSR count). The monoisotopic (exact) mass is 585 g/mol. The molecular weight excluding hydrogens is 548 g/mol. The van der Waals surface area contributed by atoms with Gasteiger partial charge in [0.1, 0.15) is 11.4 Å². The highest BCUT2D eigenvalue weighted by Gasteiger charge is 2.43. The Hall–Kier alpha value is -2.75. The Morgan fingerprint density at radius 1 is 0.976 bits per heavy atom. The molecule has 0 amide bonds. The third kappa shape index (κ3) is 7.76. The molecule has 2 aliphatic heterocycles. The summed E-state index contributed by atoms with van der Waals surface area (Å²) >= 11 is 0. The molecule has 0 aromatic heterocycles. The average molecular weight is 586 g/mol. The summed E-state index contributed by atoms with van der Waals surface area (Å²) in [6, 6.07) is 6.58. The van der Waals surface area contributed by atoms with Crippen molar-refractivity contribution in [2.24, 2.45) is 5.92 Å². The normalized spacial score (nSPS) is 19.8. The van der Waals surface area contributed by atoms with Crippen LogP contribution in [-0.4, -0.2) is 34.7 Å². The number of fused-ring (bicyclic) bond motifs is 1. The predicted octanol–water partition coefficient (Wildman–Crippen LogP) is 8.47. The Morgan fingerprint density at radius 3 is 2.17 bits per heavy atom. The van der Waals surface area contributed by atoms with Crippen LogP contribution >= 0.6 is 0 Å². The third-order valence-corrected chi connectivity index (χ3v) is 8.21. The third-order valence-electron chi connectivity index (χ3n) is 8.21. The first-order valence-electron chi connectivity index (χ1n) is 14.3. The number of halogens is 6. The number of hydrogen-bond acceptors (Lipinski definition) is 3. The van der Waals surface area contributed by atoms with Crippen molar-refractivity contribution in [3.05, 3.63) is 64.2 Å². The molecule has 0 radical (unpaired) electrons. The first kappa shape index (κ1) is 31.2. The number of nitrogens with zero attached hydrogens (tertiary/aromatic N) is 1. The van der Waals surface area contributed by atoms with E-state index in [9.17, 15) is 36.2 Å². The van der Waals surface area contributed by atoms with Gasteiger partial charge in [0.05, 0.1) is 17.0 Å². The van der Waals surface area contributed by atoms with Crippen LogP contribution in [0.3, 0.4) is 0 Å². The highest BCUT2D eigenvalue weighted by atomic mass is 19.4. The predicted molar refractivity (Wildman–Crippen MR) is 143 cm³/mol. The fourth-order valence-electron chi connectivity index (χ4n) is 5.66. The number of benzene rings is 2. The molecule has 2 atom stereocenters. The average Bonchev–Trinajstić information content (AvgIpc) is 3.79. The van der Waals surface area contributed by atoms with Crippen molar-refractivity contribution >= 4 is 5.97 Å². The number of piperidine rings is 1. The van der Waals surface area contributed by atoms with Crippen molar-refractivity contribution in [1.29, 1.82) is 0 Å². The number of carboxylic acid groups (broad SMARTS) is 1. The quantitative estimate of drug-likeness (QED) is 0.346. The van der Waals surface area contributed by atoms with Gasteiger partial charge in [-0.2, -0.15) is 26.3 Å². The van der Waals surface area contributed by atoms with Crippen LogP contribution in [0.25, 0.3) is 0 Å². The fourth-order valence-corrected chi connectivity index (χ4v) is 5.66. The molecule has 0 bridgehead atoms. The van der Waals surface area contributed by atoms with Crippen LogP contribution in [0.2, 0.25) is 0 Å². The van der Waals surface area contributed by atoms with Gasteiger partial charge in [-0.25, -0.2) is 0 Å². The van der Waals surface area contributed by atoms with Crippen molar-refractivity contribution in [1.82, 2.24) is 4.90 Å². The topological polar surface area (TPSA) is 49.8 Å². The highest BCUT2D eigenvalue weighted by Crippen LogP contribution is 2.44. The lowest BCUT2D eigenvalue weighted by Crippen LogP contribution is -2.50. The lowest BCUT2D eigenvalue weighted by Gasteiger charge is -2.47. The number of alkyl halides is 6. The molecule has 1 aliphatic carbocycles. The van der Waals surface area contributed by atoms with Crippen molar-refractivity contribution in [2.75, 3.05) is 13.1 Å². The minimum atomic E-state index is -4.77. The van der Waals surface area contributed by atoms with Gasteiger partial charge in [0.15, 0.2) is 0 Å². The second kappa shape index (κ2) is 12.2. The van der Waals surface area contributed by atoms with Crippen molar-refractivity contribution in [3.8, 4) is 5.75 Å². The molecule has 2 heterocycles. The minimum Gasteiger partial charge on any atom is -0.487 e. The van der Waals surface area contributed by atoms with Crippen LogP contribution in [-0.2, 0) is 30.0 Å². The Morgan fingerprint density at radius 2 is 1.63 bits per heavy atom. The second-order valence-electron chi connectivity index (χ2n) is 11.5. The molecule has 1 saturated carbocycles. The maximum atomic E-state index is 13.8. The van der Waals surface area contributed by atoms with Crippen molar-refractivity contribution < 1.29 is 41.0 Å². The summed E-state index contributed by atoms with van der Waals surface area (Å²) in [6.45, 7) is 4.09. The summed E-state index contributed by atoms with van der Waals surface area (Å²) in [5, 5.41) is 9.22. The summed E-state index contributed by atoms with van der Waals surface area (Å²) in [5.41, 5.74) is -1.12. The molecule has 41 heavy (non-hydrogen) atoms. The Labute approximate surface area is 236 Å². The van der Waals surface area contributed by atoms with Gasteiger partial charge in [-0.1, -0.05) is 45.2 Å². The number of hydrogen-bond donors (Lipinski definition) is 1. The summed E-state index contributed by atoms with van der Waals surface area (Å²) in [5.74, 6) is -0.728. The number of carboxylic acids is 1. The lowest BCUT2D eigenvalue weighted by molar-refractivity contribution is -0.142. The Kier molecular flexibility index (Phi) is 9.31. The van der Waals surface area contributed by atoms with Gasteiger partial charge in [0.25, 0.3) is 0 Å². The van der Waals surface area contributed by atoms with Gasteiger partial charge < -0.3 is 9.84 Å². The van der Waals surface area contributed by atoms with E-state index in [-0.39, 0.29) is 12.0 Å². The standard InChI is InChI=1S/C28H31F6NO3.C3H6/c1-3-23(21-16-20(27(29,30)31)6-7-22(21)28(32,33)34)35-12-10-26(11-13-35)9-8-19-5-4-18(15-24(19)38-26)14-17(2)25(36)37;1-2-3-1/h4-7,15-17,23H,3,8-14H2,1-2H3,(H,36,37);1-3H2. The van der Waals surface area contributed by atoms with E-state index < -0.39 is 47.0 Å². The summed E-state index contributed by atoms with van der Waals surface area (Å²) in [7, 11) is 0. The van der Waals surface area contributed by atoms with Gasteiger partial charge in [-0.05, 0) is 79.5 Å². The van der Waals surface area contributed by atoms with E-state index in [1.807, 2.05) is 23.1 Å². The van der Waals surface area contributed by atoms with E-state index in [0.29, 0.717) is 56.3 Å². The van der Waals surface area contributed by atoms with Gasteiger partial charge >= 0.3 is 18.3 Å². The molecule has 3 aliphatic rings. The van der Waals surface area contributed by atoms with Crippen LogP contribution in [0.15, 0.2) is 36.4 Å². The number of carbonyl (C=O) groups is 1. The van der Waals surface area contributed by atoms with Crippen LogP contribution in [0.1, 0.15) is 92.7 Å². The van der Waals surface area contributed by atoms with Crippen LogP contribution in [0.4, 0.5) is 26.3 Å². The SMILES string of the molecule is C1CC1.CCC(c1cc(C(F)(F)F)ccc1C(F)(F)F)N1CCC2(CCc3ccc(CC(C)C(=O)O)cc3O2)CC1. The maximum Gasteiger partial charge on any atom is 0.416 e. The van der Waals surface area contributed by atoms with E-state index in [1.165, 1.54) is 19.3 Å². The number of likely N-dealkylation sites (tertiary alicyclic amines) is 1. The summed E-state index contributed by atoms with van der Waals surface area (Å²) in [6.07, 6.45) is -1.88. The van der Waals surface area contributed by atoms with E-state index in [0.717, 1.165) is 24.0 Å². The number of aryl methyl sites for hydroxylation is 1. The van der Waals surface area contributed by atoms with Crippen molar-refractivity contribution in [3.63, 3.8) is 0 Å². The van der Waals surface area contributed by atoms with Crippen LogP contribution < -0.4 is 4.74 Å². The minimum absolute atomic E-state index is 0.228. The first-order valence-corrected chi connectivity index (χ1v) is 14.3. The van der Waals surface area contributed by atoms with Crippen LogP contribution in [0, 0.1) is 5.92 Å². The fraction of sp³-hybridized carbons (Fsp3) is 0.581. The maximum absolute atomic E-state index is 13.8. The number of rotatable bonds is 6. The van der Waals surface area contributed by atoms with Crippen molar-refractivity contribution in [2.45, 2.75) is 95.6 Å². The zero-order valence-electron chi connectivity index (χ0n) is 23.4. The summed E-state index contributed by atoms with van der Waals surface area (Å²) < 4.78 is 87.8. The Bertz CT molecular complexity index is 1210. The number of aliphatic carboxylic acids is 1. The van der Waals surface area contributed by atoms with E-state index in [1.54, 1.807) is 13.8 Å². The molecular formula is C31H37F6NO3. The van der Waals surface area contributed by atoms with Gasteiger partial charge in [0, 0.05) is 19.1 Å². The second-order valence-corrected chi connectivity index (χ2v) is 11.5. The summed E-state index contributed by atoms with van der Waals surface area (Å²) in [4.78, 5) is 13.1. The molecule has 4 nitrogen and oxygen atoms in total. The van der Waals surface area contributed by atoms with E-state index in [2.05, 4.69) is 0 Å². The molecule has 1 N–H and O–H groups in total. The van der Waals surface area contributed by atoms with Gasteiger partial charge in [0.2, 0.25) is 0 Å². The highest BCUT2D eigenvalue weighted by molar-refractivity contribution is 5.70. The molecule has 10 heteroatoms. The molecule has 1 spiro atoms.